The number of carbonyl (C=O) groups is 2. The maximum atomic E-state index is 13.7. The van der Waals surface area contributed by atoms with Gasteiger partial charge in [-0.15, -0.1) is 5.10 Å². The van der Waals surface area contributed by atoms with E-state index in [-0.39, 0.29) is 28.3 Å². The number of nitrogens with one attached hydrogen (secondary N) is 3. The zero-order chi connectivity index (χ0) is 23.3. The van der Waals surface area contributed by atoms with Crippen molar-refractivity contribution < 1.29 is 14.0 Å². The number of benzene rings is 2. The number of thioether (sulfide) groups is 1. The van der Waals surface area contributed by atoms with E-state index in [4.69, 9.17) is 23.2 Å². The standard InChI is InChI=1S/C21H20Cl2FN5O2S/c1-11(2)18(26-20(31)13-8-7-12(22)9-14(13)23)19-27-21(29-28-19)32-10-17(30)25-16-6-4-3-5-15(16)24/h3-9,11,18H,10H2,1-2H3,(H,25,30)(H,26,31)(H,27,28,29)/t18-/m1/s1. The van der Waals surface area contributed by atoms with Crippen LogP contribution in [0.1, 0.15) is 36.1 Å². The van der Waals surface area contributed by atoms with Crippen LogP contribution >= 0.6 is 35.0 Å². The van der Waals surface area contributed by atoms with Crippen LogP contribution in [-0.4, -0.2) is 32.7 Å². The van der Waals surface area contributed by atoms with Gasteiger partial charge in [0.1, 0.15) is 11.6 Å². The molecule has 1 atom stereocenters. The fourth-order valence-corrected chi connectivity index (χ4v) is 3.88. The van der Waals surface area contributed by atoms with E-state index < -0.39 is 17.8 Å². The molecule has 0 aliphatic carbocycles. The van der Waals surface area contributed by atoms with Gasteiger partial charge in [-0.05, 0) is 36.2 Å². The lowest BCUT2D eigenvalue weighted by Gasteiger charge is -2.20. The zero-order valence-corrected chi connectivity index (χ0v) is 19.5. The van der Waals surface area contributed by atoms with Gasteiger partial charge in [-0.25, -0.2) is 9.37 Å². The molecule has 3 N–H and O–H groups in total. The lowest BCUT2D eigenvalue weighted by molar-refractivity contribution is -0.113. The fraction of sp³-hybridized carbons (Fsp3) is 0.238. The Labute approximate surface area is 198 Å². The Morgan fingerprint density at radius 3 is 2.62 bits per heavy atom. The number of amides is 2. The van der Waals surface area contributed by atoms with Crippen molar-refractivity contribution in [2.75, 3.05) is 11.1 Å². The number of rotatable bonds is 8. The molecule has 168 valence electrons. The molecule has 11 heteroatoms. The maximum Gasteiger partial charge on any atom is 0.253 e. The number of anilines is 1. The predicted octanol–water partition coefficient (Wildman–Crippen LogP) is 5.11. The van der Waals surface area contributed by atoms with E-state index in [1.807, 2.05) is 13.8 Å². The molecule has 3 aromatic rings. The highest BCUT2D eigenvalue weighted by Gasteiger charge is 2.24. The Bertz CT molecular complexity index is 1130. The first kappa shape index (κ1) is 24.0. The molecule has 7 nitrogen and oxygen atoms in total. The van der Waals surface area contributed by atoms with E-state index in [1.165, 1.54) is 18.2 Å². The smallest absolute Gasteiger partial charge is 0.253 e. The van der Waals surface area contributed by atoms with Crippen LogP contribution in [0.15, 0.2) is 47.6 Å². The third kappa shape index (κ3) is 6.21. The minimum atomic E-state index is -0.512. The second kappa shape index (κ2) is 10.8. The lowest BCUT2D eigenvalue weighted by Crippen LogP contribution is -2.32. The Morgan fingerprint density at radius 2 is 1.94 bits per heavy atom. The molecule has 1 heterocycles. The minimum absolute atomic E-state index is 0.00921. The van der Waals surface area contributed by atoms with Crippen molar-refractivity contribution in [2.45, 2.75) is 25.0 Å². The summed E-state index contributed by atoms with van der Waals surface area (Å²) in [5.41, 5.74) is 0.401. The van der Waals surface area contributed by atoms with Gasteiger partial charge in [0.15, 0.2) is 0 Å². The summed E-state index contributed by atoms with van der Waals surface area (Å²) in [6.45, 7) is 3.84. The van der Waals surface area contributed by atoms with Crippen LogP contribution in [0.4, 0.5) is 10.1 Å². The molecule has 2 aromatic carbocycles. The molecule has 0 fully saturated rings. The second-order valence-corrected chi connectivity index (χ2v) is 8.93. The number of hydrogen-bond acceptors (Lipinski definition) is 5. The van der Waals surface area contributed by atoms with Crippen molar-refractivity contribution >= 4 is 52.5 Å². The van der Waals surface area contributed by atoms with Crippen LogP contribution in [-0.2, 0) is 4.79 Å². The Hall–Kier alpha value is -2.62. The molecular formula is C21H20Cl2FN5O2S. The summed E-state index contributed by atoms with van der Waals surface area (Å²) in [5, 5.41) is 13.3. The van der Waals surface area contributed by atoms with Crippen LogP contribution < -0.4 is 10.6 Å². The average molecular weight is 496 g/mol. The molecular weight excluding hydrogens is 476 g/mol. The van der Waals surface area contributed by atoms with E-state index >= 15 is 0 Å². The van der Waals surface area contributed by atoms with E-state index in [9.17, 15) is 14.0 Å². The second-order valence-electron chi connectivity index (χ2n) is 7.14. The summed E-state index contributed by atoms with van der Waals surface area (Å²) in [4.78, 5) is 29.2. The largest absolute Gasteiger partial charge is 0.342 e. The van der Waals surface area contributed by atoms with Gasteiger partial charge in [-0.3, -0.25) is 14.7 Å². The number of para-hydroxylation sites is 1. The number of H-pyrrole nitrogens is 1. The first-order valence-electron chi connectivity index (χ1n) is 9.60. The van der Waals surface area contributed by atoms with Crippen molar-refractivity contribution in [3.05, 3.63) is 69.7 Å². The summed E-state index contributed by atoms with van der Waals surface area (Å²) in [5.74, 6) is -0.860. The molecule has 0 spiro atoms. The average Bonchev–Trinajstić information content (AvgIpc) is 3.20. The fourth-order valence-electron chi connectivity index (χ4n) is 2.78. The number of aromatic nitrogens is 3. The zero-order valence-electron chi connectivity index (χ0n) is 17.2. The van der Waals surface area contributed by atoms with Crippen molar-refractivity contribution in [3.63, 3.8) is 0 Å². The van der Waals surface area contributed by atoms with Gasteiger partial charge in [-0.2, -0.15) is 0 Å². The van der Waals surface area contributed by atoms with Crippen LogP contribution in [0.5, 0.6) is 0 Å². The molecule has 0 saturated heterocycles. The van der Waals surface area contributed by atoms with Crippen LogP contribution in [0, 0.1) is 11.7 Å². The summed E-state index contributed by atoms with van der Waals surface area (Å²) in [7, 11) is 0. The lowest BCUT2D eigenvalue weighted by atomic mass is 10.0. The Balaban J connectivity index is 1.63. The number of aromatic amines is 1. The molecule has 0 unspecified atom stereocenters. The van der Waals surface area contributed by atoms with Crippen LogP contribution in [0.3, 0.4) is 0 Å². The molecule has 32 heavy (non-hydrogen) atoms. The van der Waals surface area contributed by atoms with Crippen molar-refractivity contribution in [3.8, 4) is 0 Å². The van der Waals surface area contributed by atoms with Gasteiger partial charge in [0, 0.05) is 5.02 Å². The van der Waals surface area contributed by atoms with Crippen LogP contribution in [0.2, 0.25) is 10.0 Å². The van der Waals surface area contributed by atoms with Crippen molar-refractivity contribution in [2.24, 2.45) is 5.92 Å². The summed E-state index contributed by atoms with van der Waals surface area (Å²) in [6.07, 6.45) is 0. The summed E-state index contributed by atoms with van der Waals surface area (Å²) >= 11 is 13.1. The highest BCUT2D eigenvalue weighted by atomic mass is 35.5. The monoisotopic (exact) mass is 495 g/mol. The Morgan fingerprint density at radius 1 is 1.19 bits per heavy atom. The summed E-state index contributed by atoms with van der Waals surface area (Å²) in [6, 6.07) is 10.1. The first-order valence-corrected chi connectivity index (χ1v) is 11.3. The van der Waals surface area contributed by atoms with Gasteiger partial charge >= 0.3 is 0 Å². The highest BCUT2D eigenvalue weighted by Crippen LogP contribution is 2.25. The number of halogens is 3. The Kier molecular flexibility index (Phi) is 8.11. The first-order chi connectivity index (χ1) is 15.2. The van der Waals surface area contributed by atoms with Gasteiger partial charge in [0.2, 0.25) is 11.1 Å². The van der Waals surface area contributed by atoms with E-state index in [0.29, 0.717) is 21.6 Å². The quantitative estimate of drug-likeness (QED) is 0.377. The van der Waals surface area contributed by atoms with Gasteiger partial charge in [0.25, 0.3) is 5.91 Å². The van der Waals surface area contributed by atoms with Crippen LogP contribution in [0.25, 0.3) is 0 Å². The maximum absolute atomic E-state index is 13.7. The normalized spacial score (nSPS) is 11.9. The third-order valence-corrected chi connectivity index (χ3v) is 5.78. The SMILES string of the molecule is CC(C)[C@@H](NC(=O)c1ccc(Cl)cc1Cl)c1nc(SCC(=O)Nc2ccccc2F)n[nH]1. The number of nitrogens with zero attached hydrogens (tertiary/aromatic N) is 2. The van der Waals surface area contributed by atoms with Crippen molar-refractivity contribution in [1.82, 2.24) is 20.5 Å². The highest BCUT2D eigenvalue weighted by molar-refractivity contribution is 7.99. The molecule has 2 amide bonds. The third-order valence-electron chi connectivity index (χ3n) is 4.39. The van der Waals surface area contributed by atoms with E-state index in [0.717, 1.165) is 11.8 Å². The number of carbonyl (C=O) groups excluding carboxylic acids is 2. The summed E-state index contributed by atoms with van der Waals surface area (Å²) < 4.78 is 13.7. The van der Waals surface area contributed by atoms with Crippen molar-refractivity contribution in [1.29, 1.82) is 0 Å². The molecule has 3 rings (SSSR count). The molecule has 0 radical (unpaired) electrons. The van der Waals surface area contributed by atoms with Gasteiger partial charge < -0.3 is 10.6 Å². The van der Waals surface area contributed by atoms with Gasteiger partial charge in [-0.1, -0.05) is 60.9 Å². The van der Waals surface area contributed by atoms with E-state index in [1.54, 1.807) is 24.3 Å². The molecule has 0 aliphatic rings. The minimum Gasteiger partial charge on any atom is -0.342 e. The topological polar surface area (TPSA) is 99.8 Å². The molecule has 0 saturated carbocycles. The molecule has 0 aliphatic heterocycles. The van der Waals surface area contributed by atoms with Gasteiger partial charge in [0.05, 0.1) is 28.1 Å². The molecule has 1 aromatic heterocycles. The molecule has 0 bridgehead atoms. The number of hydrogen-bond donors (Lipinski definition) is 3. The van der Waals surface area contributed by atoms with E-state index in [2.05, 4.69) is 25.8 Å². The predicted molar refractivity (Wildman–Crippen MR) is 124 cm³/mol.